The van der Waals surface area contributed by atoms with Crippen molar-refractivity contribution in [1.82, 2.24) is 0 Å². The Bertz CT molecular complexity index is 1350. The number of amides is 1. The first-order valence-electron chi connectivity index (χ1n) is 9.75. The standard InChI is InChI=1S/C23H19BrN4O3S/c24-21-11-18(32(26,30)31)6-7-19(21)15-2-4-17(5-3-15)28-23(29)10-16-13-27-22-8-1-14(12-25)9-20(16)22/h1-9,11,16,27H,10,13H2,(H,28,29)(H2,26,30,31). The van der Waals surface area contributed by atoms with Crippen molar-refractivity contribution in [3.8, 4) is 17.2 Å². The molecule has 1 aliphatic rings. The minimum atomic E-state index is -3.78. The van der Waals surface area contributed by atoms with Crippen LogP contribution in [-0.4, -0.2) is 20.9 Å². The van der Waals surface area contributed by atoms with Gasteiger partial charge in [-0.05, 0) is 59.2 Å². The lowest BCUT2D eigenvalue weighted by Crippen LogP contribution is -2.16. The molecule has 1 unspecified atom stereocenters. The largest absolute Gasteiger partial charge is 0.384 e. The number of nitriles is 1. The highest BCUT2D eigenvalue weighted by Crippen LogP contribution is 2.35. The maximum absolute atomic E-state index is 12.6. The molecule has 0 bridgehead atoms. The van der Waals surface area contributed by atoms with Gasteiger partial charge in [0.1, 0.15) is 0 Å². The number of hydrogen-bond acceptors (Lipinski definition) is 5. The summed E-state index contributed by atoms with van der Waals surface area (Å²) in [7, 11) is -3.78. The smallest absolute Gasteiger partial charge is 0.238 e. The van der Waals surface area contributed by atoms with Crippen LogP contribution in [0.4, 0.5) is 11.4 Å². The summed E-state index contributed by atoms with van der Waals surface area (Å²) >= 11 is 3.39. The predicted molar refractivity (Wildman–Crippen MR) is 127 cm³/mol. The third-order valence-corrected chi connectivity index (χ3v) is 6.91. The number of nitrogens with zero attached hydrogens (tertiary/aromatic N) is 1. The maximum atomic E-state index is 12.6. The van der Waals surface area contributed by atoms with Crippen molar-refractivity contribution in [2.24, 2.45) is 5.14 Å². The third-order valence-electron chi connectivity index (χ3n) is 5.34. The van der Waals surface area contributed by atoms with Gasteiger partial charge in [0.05, 0.1) is 16.5 Å². The summed E-state index contributed by atoms with van der Waals surface area (Å²) in [5, 5.41) is 20.5. The van der Waals surface area contributed by atoms with Crippen LogP contribution in [0.3, 0.4) is 0 Å². The Labute approximate surface area is 194 Å². The van der Waals surface area contributed by atoms with Crippen molar-refractivity contribution < 1.29 is 13.2 Å². The van der Waals surface area contributed by atoms with E-state index < -0.39 is 10.0 Å². The number of fused-ring (bicyclic) bond motifs is 1. The Morgan fingerprint density at radius 1 is 1.16 bits per heavy atom. The first-order valence-corrected chi connectivity index (χ1v) is 12.1. The summed E-state index contributed by atoms with van der Waals surface area (Å²) < 4.78 is 23.6. The molecular formula is C23H19BrN4O3S. The van der Waals surface area contributed by atoms with Gasteiger partial charge in [0.25, 0.3) is 0 Å². The van der Waals surface area contributed by atoms with Gasteiger partial charge in [-0.1, -0.05) is 34.1 Å². The van der Waals surface area contributed by atoms with Crippen LogP contribution in [0.1, 0.15) is 23.5 Å². The molecule has 9 heteroatoms. The molecule has 4 rings (SSSR count). The second-order valence-electron chi connectivity index (χ2n) is 7.51. The van der Waals surface area contributed by atoms with Gasteiger partial charge in [0.15, 0.2) is 0 Å². The molecule has 162 valence electrons. The number of carbonyl (C=O) groups excluding carboxylic acids is 1. The number of carbonyl (C=O) groups is 1. The van der Waals surface area contributed by atoms with Crippen LogP contribution in [0.25, 0.3) is 11.1 Å². The highest BCUT2D eigenvalue weighted by atomic mass is 79.9. The van der Waals surface area contributed by atoms with E-state index in [9.17, 15) is 13.2 Å². The molecule has 1 heterocycles. The zero-order valence-corrected chi connectivity index (χ0v) is 19.2. The molecule has 3 aromatic rings. The molecule has 7 nitrogen and oxygen atoms in total. The molecule has 0 spiro atoms. The Balaban J connectivity index is 1.44. The summed E-state index contributed by atoms with van der Waals surface area (Å²) in [5.41, 5.74) is 4.85. The van der Waals surface area contributed by atoms with E-state index in [0.29, 0.717) is 28.7 Å². The minimum absolute atomic E-state index is 0.00543. The predicted octanol–water partition coefficient (Wildman–Crippen LogP) is 4.17. The highest BCUT2D eigenvalue weighted by molar-refractivity contribution is 9.10. The SMILES string of the molecule is N#Cc1ccc2c(c1)C(CC(=O)Nc1ccc(-c3ccc(S(N)(=O)=O)cc3Br)cc1)CN2. The molecule has 32 heavy (non-hydrogen) atoms. The van der Waals surface area contributed by atoms with E-state index in [1.165, 1.54) is 12.1 Å². The first-order chi connectivity index (χ1) is 15.2. The number of sulfonamides is 1. The summed E-state index contributed by atoms with van der Waals surface area (Å²) in [6, 6.07) is 19.5. The lowest BCUT2D eigenvalue weighted by molar-refractivity contribution is -0.116. The average Bonchev–Trinajstić information content (AvgIpc) is 3.15. The molecule has 0 aliphatic carbocycles. The molecular weight excluding hydrogens is 492 g/mol. The Morgan fingerprint density at radius 2 is 1.91 bits per heavy atom. The van der Waals surface area contributed by atoms with Gasteiger partial charge < -0.3 is 10.6 Å². The minimum Gasteiger partial charge on any atom is -0.384 e. The van der Waals surface area contributed by atoms with Crippen molar-refractivity contribution in [3.63, 3.8) is 0 Å². The first kappa shape index (κ1) is 22.0. The van der Waals surface area contributed by atoms with Crippen LogP contribution in [0.2, 0.25) is 0 Å². The van der Waals surface area contributed by atoms with Crippen molar-refractivity contribution in [2.45, 2.75) is 17.2 Å². The topological polar surface area (TPSA) is 125 Å². The van der Waals surface area contributed by atoms with Gasteiger partial charge in [0.2, 0.25) is 15.9 Å². The molecule has 0 fully saturated rings. The van der Waals surface area contributed by atoms with E-state index in [1.54, 1.807) is 24.3 Å². The fourth-order valence-electron chi connectivity index (χ4n) is 3.73. The molecule has 0 aromatic heterocycles. The van der Waals surface area contributed by atoms with Crippen LogP contribution in [0.15, 0.2) is 70.0 Å². The monoisotopic (exact) mass is 510 g/mol. The number of nitrogens with two attached hydrogens (primary N) is 1. The van der Waals surface area contributed by atoms with E-state index in [-0.39, 0.29) is 16.7 Å². The zero-order valence-electron chi connectivity index (χ0n) is 16.8. The van der Waals surface area contributed by atoms with Crippen molar-refractivity contribution in [2.75, 3.05) is 17.2 Å². The summed E-state index contributed by atoms with van der Waals surface area (Å²) in [4.78, 5) is 12.6. The van der Waals surface area contributed by atoms with Crippen molar-refractivity contribution in [3.05, 3.63) is 76.3 Å². The van der Waals surface area contributed by atoms with E-state index in [2.05, 4.69) is 32.6 Å². The zero-order chi connectivity index (χ0) is 22.9. The quantitative estimate of drug-likeness (QED) is 0.474. The normalized spacial score (nSPS) is 14.8. The van der Waals surface area contributed by atoms with Crippen LogP contribution in [-0.2, 0) is 14.8 Å². The molecule has 0 radical (unpaired) electrons. The number of primary sulfonamides is 1. The summed E-state index contributed by atoms with van der Waals surface area (Å²) in [6.45, 7) is 0.652. The van der Waals surface area contributed by atoms with E-state index in [1.807, 2.05) is 24.3 Å². The lowest BCUT2D eigenvalue weighted by Gasteiger charge is -2.12. The summed E-state index contributed by atoms with van der Waals surface area (Å²) in [5.74, 6) is -0.107. The number of anilines is 2. The third kappa shape index (κ3) is 4.67. The van der Waals surface area contributed by atoms with Crippen molar-refractivity contribution in [1.29, 1.82) is 5.26 Å². The van der Waals surface area contributed by atoms with Gasteiger partial charge >= 0.3 is 0 Å². The van der Waals surface area contributed by atoms with E-state index >= 15 is 0 Å². The van der Waals surface area contributed by atoms with Crippen LogP contribution in [0.5, 0.6) is 0 Å². The van der Waals surface area contributed by atoms with Crippen molar-refractivity contribution >= 4 is 43.2 Å². The number of nitrogens with one attached hydrogen (secondary N) is 2. The second-order valence-corrected chi connectivity index (χ2v) is 9.92. The lowest BCUT2D eigenvalue weighted by atomic mass is 9.96. The Morgan fingerprint density at radius 3 is 2.56 bits per heavy atom. The molecule has 1 amide bonds. The van der Waals surface area contributed by atoms with Gasteiger partial charge in [0, 0.05) is 34.7 Å². The van der Waals surface area contributed by atoms with Gasteiger partial charge in [-0.25, -0.2) is 13.6 Å². The molecule has 1 aliphatic heterocycles. The van der Waals surface area contributed by atoms with E-state index in [0.717, 1.165) is 22.4 Å². The Hall–Kier alpha value is -3.19. The fraction of sp³-hybridized carbons (Fsp3) is 0.130. The molecule has 3 aromatic carbocycles. The van der Waals surface area contributed by atoms with E-state index in [4.69, 9.17) is 10.4 Å². The fourth-order valence-corrected chi connectivity index (χ4v) is 5.03. The Kier molecular flexibility index (Phi) is 6.02. The number of hydrogen-bond donors (Lipinski definition) is 3. The van der Waals surface area contributed by atoms with Gasteiger partial charge in [-0.3, -0.25) is 4.79 Å². The number of benzene rings is 3. The highest BCUT2D eigenvalue weighted by Gasteiger charge is 2.25. The maximum Gasteiger partial charge on any atom is 0.238 e. The molecule has 4 N–H and O–H groups in total. The van der Waals surface area contributed by atoms with Gasteiger partial charge in [-0.2, -0.15) is 5.26 Å². The van der Waals surface area contributed by atoms with Gasteiger partial charge in [-0.15, -0.1) is 0 Å². The summed E-state index contributed by atoms with van der Waals surface area (Å²) in [6.07, 6.45) is 0.303. The van der Waals surface area contributed by atoms with Crippen LogP contribution < -0.4 is 15.8 Å². The average molecular weight is 511 g/mol. The molecule has 1 atom stereocenters. The molecule has 0 saturated carbocycles. The van der Waals surface area contributed by atoms with Crippen LogP contribution in [0, 0.1) is 11.3 Å². The molecule has 0 saturated heterocycles. The number of rotatable bonds is 5. The number of halogens is 1. The van der Waals surface area contributed by atoms with Crippen LogP contribution >= 0.6 is 15.9 Å². The second kappa shape index (κ2) is 8.74.